The van der Waals surface area contributed by atoms with Gasteiger partial charge in [0.2, 0.25) is 0 Å². The molecule has 0 saturated carbocycles. The van der Waals surface area contributed by atoms with Crippen LogP contribution in [0.3, 0.4) is 0 Å². The van der Waals surface area contributed by atoms with Crippen LogP contribution in [0.1, 0.15) is 17.5 Å². The van der Waals surface area contributed by atoms with E-state index in [2.05, 4.69) is 0 Å². The number of allylic oxidation sites excluding steroid dienone is 2. The highest BCUT2D eigenvalue weighted by Gasteiger charge is 2.16. The number of ether oxygens (including phenoxy) is 6. The first-order valence-corrected chi connectivity index (χ1v) is 9.93. The van der Waals surface area contributed by atoms with Gasteiger partial charge in [0, 0.05) is 0 Å². The van der Waals surface area contributed by atoms with E-state index in [9.17, 15) is 9.59 Å². The van der Waals surface area contributed by atoms with Gasteiger partial charge in [-0.25, -0.2) is 0 Å². The second kappa shape index (κ2) is 12.2. The van der Waals surface area contributed by atoms with Crippen molar-refractivity contribution in [3.05, 3.63) is 47.5 Å². The van der Waals surface area contributed by atoms with Crippen molar-refractivity contribution >= 4 is 23.7 Å². The minimum Gasteiger partial charge on any atom is -0.496 e. The fourth-order valence-corrected chi connectivity index (χ4v) is 3.18. The molecule has 33 heavy (non-hydrogen) atoms. The third-order valence-electron chi connectivity index (χ3n) is 4.75. The van der Waals surface area contributed by atoms with E-state index in [4.69, 9.17) is 28.4 Å². The van der Waals surface area contributed by atoms with E-state index in [1.54, 1.807) is 24.3 Å². The maximum absolute atomic E-state index is 12.4. The van der Waals surface area contributed by atoms with Crippen LogP contribution in [0.4, 0.5) is 0 Å². The first-order valence-electron chi connectivity index (χ1n) is 9.93. The predicted octanol–water partition coefficient (Wildman–Crippen LogP) is 3.99. The third kappa shape index (κ3) is 6.06. The molecular formula is C25H28O8. The van der Waals surface area contributed by atoms with Crippen LogP contribution in [-0.4, -0.2) is 54.2 Å². The highest BCUT2D eigenvalue weighted by Crippen LogP contribution is 2.39. The number of benzene rings is 2. The largest absolute Gasteiger partial charge is 0.496 e. The topological polar surface area (TPSA) is 89.5 Å². The van der Waals surface area contributed by atoms with Crippen molar-refractivity contribution in [2.75, 3.05) is 42.7 Å². The standard InChI is InChI=1S/C25H28O8/c1-28-20-11-13-22(30-3)24(32-5)18(20)9-7-16(26)15-17(27)8-10-19-21(29-2)12-14-23(31-4)25(19)33-6/h7-14H,15H2,1-6H3. The Bertz CT molecular complexity index is 969. The molecular weight excluding hydrogens is 428 g/mol. The Morgan fingerprint density at radius 3 is 1.21 bits per heavy atom. The van der Waals surface area contributed by atoms with Crippen LogP contribution in [0.15, 0.2) is 36.4 Å². The zero-order chi connectivity index (χ0) is 24.4. The lowest BCUT2D eigenvalue weighted by molar-refractivity contribution is -0.121. The zero-order valence-electron chi connectivity index (χ0n) is 19.6. The lowest BCUT2D eigenvalue weighted by Crippen LogP contribution is -2.03. The molecule has 0 saturated heterocycles. The minimum atomic E-state index is -0.388. The lowest BCUT2D eigenvalue weighted by Gasteiger charge is -2.13. The highest BCUT2D eigenvalue weighted by atomic mass is 16.5. The molecule has 8 nitrogen and oxygen atoms in total. The molecule has 0 bridgehead atoms. The van der Waals surface area contributed by atoms with E-state index in [1.807, 2.05) is 0 Å². The Kier molecular flexibility index (Phi) is 9.35. The molecule has 0 unspecified atom stereocenters. The summed E-state index contributed by atoms with van der Waals surface area (Å²) in [5.41, 5.74) is 1.06. The molecule has 0 amide bonds. The Labute approximate surface area is 193 Å². The van der Waals surface area contributed by atoms with Crippen molar-refractivity contribution < 1.29 is 38.0 Å². The number of ketones is 2. The van der Waals surface area contributed by atoms with Crippen LogP contribution < -0.4 is 28.4 Å². The first-order chi connectivity index (χ1) is 15.9. The highest BCUT2D eigenvalue weighted by molar-refractivity contribution is 6.11. The van der Waals surface area contributed by atoms with Gasteiger partial charge in [0.15, 0.2) is 34.6 Å². The zero-order valence-corrected chi connectivity index (χ0v) is 19.6. The van der Waals surface area contributed by atoms with Crippen molar-refractivity contribution in [2.24, 2.45) is 0 Å². The van der Waals surface area contributed by atoms with Gasteiger partial charge in [-0.3, -0.25) is 9.59 Å². The second-order valence-electron chi connectivity index (χ2n) is 6.61. The summed E-state index contributed by atoms with van der Waals surface area (Å²) >= 11 is 0. The average molecular weight is 456 g/mol. The molecule has 0 atom stereocenters. The molecule has 0 radical (unpaired) electrons. The van der Waals surface area contributed by atoms with E-state index >= 15 is 0 Å². The lowest BCUT2D eigenvalue weighted by atomic mass is 10.1. The number of hydrogen-bond donors (Lipinski definition) is 0. The summed E-state index contributed by atoms with van der Waals surface area (Å²) < 4.78 is 32.0. The summed E-state index contributed by atoms with van der Waals surface area (Å²) in [5.74, 6) is 2.05. The third-order valence-corrected chi connectivity index (χ3v) is 4.75. The monoisotopic (exact) mass is 456 g/mol. The maximum Gasteiger partial charge on any atom is 0.171 e. The predicted molar refractivity (Wildman–Crippen MR) is 125 cm³/mol. The fourth-order valence-electron chi connectivity index (χ4n) is 3.18. The van der Waals surface area contributed by atoms with Gasteiger partial charge in [-0.2, -0.15) is 0 Å². The molecule has 8 heteroatoms. The number of rotatable bonds is 12. The molecule has 0 aliphatic rings. The van der Waals surface area contributed by atoms with E-state index in [1.165, 1.54) is 67.0 Å². The Balaban J connectivity index is 2.21. The molecule has 0 aromatic heterocycles. The van der Waals surface area contributed by atoms with Crippen LogP contribution in [0, 0.1) is 0 Å². The number of carbonyl (C=O) groups excluding carboxylic acids is 2. The molecule has 0 fully saturated rings. The SMILES string of the molecule is COc1ccc(OC)c(OC)c1C=CC(=O)CC(=O)C=Cc1c(OC)ccc(OC)c1OC. The normalized spacial score (nSPS) is 10.8. The number of carbonyl (C=O) groups is 2. The minimum absolute atomic E-state index is 0.323. The molecule has 2 rings (SSSR count). The Morgan fingerprint density at radius 1 is 0.576 bits per heavy atom. The molecule has 176 valence electrons. The van der Waals surface area contributed by atoms with Crippen molar-refractivity contribution in [1.82, 2.24) is 0 Å². The summed E-state index contributed by atoms with van der Waals surface area (Å²) in [6.07, 6.45) is 5.36. The van der Waals surface area contributed by atoms with Crippen molar-refractivity contribution in [1.29, 1.82) is 0 Å². The van der Waals surface area contributed by atoms with Gasteiger partial charge < -0.3 is 28.4 Å². The van der Waals surface area contributed by atoms with Gasteiger partial charge in [0.25, 0.3) is 0 Å². The van der Waals surface area contributed by atoms with E-state index in [0.29, 0.717) is 45.6 Å². The molecule has 0 N–H and O–H groups in total. The van der Waals surface area contributed by atoms with E-state index in [-0.39, 0.29) is 18.0 Å². The second-order valence-corrected chi connectivity index (χ2v) is 6.61. The van der Waals surface area contributed by atoms with E-state index < -0.39 is 0 Å². The van der Waals surface area contributed by atoms with E-state index in [0.717, 1.165) is 0 Å². The smallest absolute Gasteiger partial charge is 0.171 e. The molecule has 0 aliphatic heterocycles. The molecule has 0 spiro atoms. The number of methoxy groups -OCH3 is 6. The Hall–Kier alpha value is -3.94. The average Bonchev–Trinajstić information content (AvgIpc) is 2.84. The molecule has 2 aromatic rings. The summed E-state index contributed by atoms with van der Waals surface area (Å²) in [6, 6.07) is 6.81. The summed E-state index contributed by atoms with van der Waals surface area (Å²) in [7, 11) is 9.03. The van der Waals surface area contributed by atoms with Crippen molar-refractivity contribution in [2.45, 2.75) is 6.42 Å². The van der Waals surface area contributed by atoms with Gasteiger partial charge in [-0.15, -0.1) is 0 Å². The summed E-state index contributed by atoms with van der Waals surface area (Å²) in [6.45, 7) is 0. The fraction of sp³-hybridized carbons (Fsp3) is 0.280. The molecule has 2 aromatic carbocycles. The number of hydrogen-bond acceptors (Lipinski definition) is 8. The summed E-state index contributed by atoms with van der Waals surface area (Å²) in [5, 5.41) is 0. The van der Waals surface area contributed by atoms with Crippen LogP contribution in [0.25, 0.3) is 12.2 Å². The molecule has 0 aliphatic carbocycles. The van der Waals surface area contributed by atoms with Crippen LogP contribution >= 0.6 is 0 Å². The van der Waals surface area contributed by atoms with Gasteiger partial charge in [-0.1, -0.05) is 0 Å². The quantitative estimate of drug-likeness (QED) is 0.350. The van der Waals surface area contributed by atoms with Crippen LogP contribution in [-0.2, 0) is 9.59 Å². The first kappa shape index (κ1) is 25.3. The van der Waals surface area contributed by atoms with Crippen molar-refractivity contribution in [3.63, 3.8) is 0 Å². The maximum atomic E-state index is 12.4. The summed E-state index contributed by atoms with van der Waals surface area (Å²) in [4.78, 5) is 24.8. The van der Waals surface area contributed by atoms with Crippen molar-refractivity contribution in [3.8, 4) is 34.5 Å². The van der Waals surface area contributed by atoms with Gasteiger partial charge >= 0.3 is 0 Å². The van der Waals surface area contributed by atoms with Gasteiger partial charge in [-0.05, 0) is 48.6 Å². The van der Waals surface area contributed by atoms with Gasteiger partial charge in [0.1, 0.15) is 11.5 Å². The van der Waals surface area contributed by atoms with Gasteiger partial charge in [0.05, 0.1) is 60.2 Å². The van der Waals surface area contributed by atoms with Crippen LogP contribution in [0.5, 0.6) is 34.5 Å². The Morgan fingerprint density at radius 2 is 0.909 bits per heavy atom. The van der Waals surface area contributed by atoms with Crippen LogP contribution in [0.2, 0.25) is 0 Å². The molecule has 0 heterocycles.